The molecule has 156 valence electrons. The number of nitrogens with zero attached hydrogens (tertiary/aromatic N) is 3. The number of fused-ring (bicyclic) bond motifs is 1. The Balaban J connectivity index is 1.71. The number of para-hydroxylation sites is 2. The van der Waals surface area contributed by atoms with E-state index in [1.54, 1.807) is 24.3 Å². The van der Waals surface area contributed by atoms with Crippen molar-refractivity contribution < 1.29 is 13.2 Å². The highest BCUT2D eigenvalue weighted by molar-refractivity contribution is 7.92. The van der Waals surface area contributed by atoms with Crippen LogP contribution in [-0.2, 0) is 14.8 Å². The molecule has 1 aliphatic rings. The summed E-state index contributed by atoms with van der Waals surface area (Å²) in [4.78, 5) is 11.3. The topological polar surface area (TPSA) is 84.4 Å². The van der Waals surface area contributed by atoms with Gasteiger partial charge < -0.3 is 9.64 Å². The Hall–Kier alpha value is -2.68. The van der Waals surface area contributed by atoms with E-state index in [0.717, 1.165) is 6.42 Å². The monoisotopic (exact) mass is 444 g/mol. The zero-order valence-corrected chi connectivity index (χ0v) is 17.7. The Bertz CT molecular complexity index is 1190. The summed E-state index contributed by atoms with van der Waals surface area (Å²) in [7, 11) is -3.89. The van der Waals surface area contributed by atoms with Gasteiger partial charge in [-0.1, -0.05) is 35.9 Å². The van der Waals surface area contributed by atoms with Crippen molar-refractivity contribution in [2.45, 2.75) is 17.4 Å². The fourth-order valence-electron chi connectivity index (χ4n) is 3.36. The minimum atomic E-state index is -3.89. The van der Waals surface area contributed by atoms with E-state index < -0.39 is 10.0 Å². The van der Waals surface area contributed by atoms with Gasteiger partial charge in [0.15, 0.2) is 11.6 Å². The number of nitrogens with one attached hydrogen (secondary N) is 1. The molecule has 1 aliphatic heterocycles. The molecule has 30 heavy (non-hydrogen) atoms. The standard InChI is InChI=1S/C21H21ClN4O3S/c1-2-12-29-16-10-11-26(14-16)21-20(23-18-8-3-4-9-19(18)24-21)25-30(27,28)17-7-5-6-15(22)13-17/h2-9,13,16H,1,10-12,14H2,(H,23,25). The van der Waals surface area contributed by atoms with Crippen molar-refractivity contribution in [3.05, 3.63) is 66.2 Å². The summed E-state index contributed by atoms with van der Waals surface area (Å²) in [6.45, 7) is 5.42. The fraction of sp³-hybridized carbons (Fsp3) is 0.238. The summed E-state index contributed by atoms with van der Waals surface area (Å²) in [6.07, 6.45) is 2.54. The van der Waals surface area contributed by atoms with Crippen LogP contribution in [0, 0.1) is 0 Å². The highest BCUT2D eigenvalue weighted by Crippen LogP contribution is 2.30. The minimum Gasteiger partial charge on any atom is -0.372 e. The van der Waals surface area contributed by atoms with Crippen LogP contribution in [0.2, 0.25) is 5.02 Å². The predicted octanol–water partition coefficient (Wildman–Crippen LogP) is 3.87. The van der Waals surface area contributed by atoms with Crippen molar-refractivity contribution in [1.82, 2.24) is 9.97 Å². The Morgan fingerprint density at radius 1 is 1.20 bits per heavy atom. The lowest BCUT2D eigenvalue weighted by molar-refractivity contribution is 0.0909. The van der Waals surface area contributed by atoms with Crippen LogP contribution in [0.5, 0.6) is 0 Å². The van der Waals surface area contributed by atoms with Crippen LogP contribution < -0.4 is 9.62 Å². The molecule has 9 heteroatoms. The molecule has 0 radical (unpaired) electrons. The fourth-order valence-corrected chi connectivity index (χ4v) is 4.66. The van der Waals surface area contributed by atoms with Gasteiger partial charge in [0.2, 0.25) is 0 Å². The number of aromatic nitrogens is 2. The number of hydrogen-bond donors (Lipinski definition) is 1. The van der Waals surface area contributed by atoms with Crippen LogP contribution in [0.25, 0.3) is 11.0 Å². The molecule has 1 aromatic heterocycles. The highest BCUT2D eigenvalue weighted by Gasteiger charge is 2.28. The summed E-state index contributed by atoms with van der Waals surface area (Å²) >= 11 is 5.98. The summed E-state index contributed by atoms with van der Waals surface area (Å²) in [5.74, 6) is 0.655. The van der Waals surface area contributed by atoms with Gasteiger partial charge in [-0.3, -0.25) is 4.72 Å². The van der Waals surface area contributed by atoms with Gasteiger partial charge in [0.1, 0.15) is 0 Å². The third kappa shape index (κ3) is 4.40. The molecule has 0 spiro atoms. The zero-order chi connectivity index (χ0) is 21.1. The molecule has 2 heterocycles. The summed E-state index contributed by atoms with van der Waals surface area (Å²) in [5, 5.41) is 0.337. The number of anilines is 2. The van der Waals surface area contributed by atoms with Crippen LogP contribution in [0.15, 0.2) is 66.1 Å². The Morgan fingerprint density at radius 2 is 1.97 bits per heavy atom. The maximum atomic E-state index is 13.0. The molecule has 3 aromatic rings. The summed E-state index contributed by atoms with van der Waals surface area (Å²) in [5.41, 5.74) is 1.29. The van der Waals surface area contributed by atoms with Crippen molar-refractivity contribution in [3.8, 4) is 0 Å². The summed E-state index contributed by atoms with van der Waals surface area (Å²) in [6, 6.07) is 13.4. The molecule has 1 fully saturated rings. The average molecular weight is 445 g/mol. The van der Waals surface area contributed by atoms with Gasteiger partial charge in [0.25, 0.3) is 10.0 Å². The molecule has 0 bridgehead atoms. The van der Waals surface area contributed by atoms with E-state index in [2.05, 4.69) is 16.3 Å². The molecular weight excluding hydrogens is 424 g/mol. The molecule has 0 amide bonds. The van der Waals surface area contributed by atoms with Gasteiger partial charge >= 0.3 is 0 Å². The number of hydrogen-bond acceptors (Lipinski definition) is 6. The summed E-state index contributed by atoms with van der Waals surface area (Å²) < 4.78 is 34.3. The van der Waals surface area contributed by atoms with Crippen LogP contribution in [0.3, 0.4) is 0 Å². The van der Waals surface area contributed by atoms with Crippen molar-refractivity contribution in [3.63, 3.8) is 0 Å². The van der Waals surface area contributed by atoms with E-state index in [1.807, 2.05) is 23.1 Å². The molecule has 1 N–H and O–H groups in total. The highest BCUT2D eigenvalue weighted by atomic mass is 35.5. The molecule has 4 rings (SSSR count). The van der Waals surface area contributed by atoms with E-state index >= 15 is 0 Å². The number of sulfonamides is 1. The first-order valence-electron chi connectivity index (χ1n) is 9.49. The molecule has 7 nitrogen and oxygen atoms in total. The lowest BCUT2D eigenvalue weighted by atomic mass is 10.3. The van der Waals surface area contributed by atoms with Gasteiger partial charge in [-0.15, -0.1) is 6.58 Å². The third-order valence-corrected chi connectivity index (χ3v) is 6.36. The second kappa shape index (κ2) is 8.59. The number of ether oxygens (including phenoxy) is 1. The smallest absolute Gasteiger partial charge is 0.263 e. The maximum Gasteiger partial charge on any atom is 0.263 e. The lowest BCUT2D eigenvalue weighted by Crippen LogP contribution is -2.26. The average Bonchev–Trinajstić information content (AvgIpc) is 3.20. The lowest BCUT2D eigenvalue weighted by Gasteiger charge is -2.21. The normalized spacial score (nSPS) is 16.7. The molecule has 0 saturated carbocycles. The van der Waals surface area contributed by atoms with E-state index in [0.29, 0.717) is 41.6 Å². The van der Waals surface area contributed by atoms with Crippen molar-refractivity contribution >= 4 is 44.3 Å². The molecular formula is C21H21ClN4O3S. The van der Waals surface area contributed by atoms with Crippen LogP contribution in [-0.4, -0.2) is 44.2 Å². The van der Waals surface area contributed by atoms with Crippen molar-refractivity contribution in [2.24, 2.45) is 0 Å². The molecule has 1 atom stereocenters. The third-order valence-electron chi connectivity index (χ3n) is 4.78. The van der Waals surface area contributed by atoms with Crippen molar-refractivity contribution in [1.29, 1.82) is 0 Å². The minimum absolute atomic E-state index is 0.0219. The van der Waals surface area contributed by atoms with E-state index in [4.69, 9.17) is 21.3 Å². The SMILES string of the molecule is C=CCOC1CCN(c2nc3ccccc3nc2NS(=O)(=O)c2cccc(Cl)c2)C1. The van der Waals surface area contributed by atoms with Gasteiger partial charge in [-0.25, -0.2) is 18.4 Å². The first-order valence-corrected chi connectivity index (χ1v) is 11.3. The number of halogens is 1. The maximum absolute atomic E-state index is 13.0. The second-order valence-electron chi connectivity index (χ2n) is 6.93. The van der Waals surface area contributed by atoms with Gasteiger partial charge in [-0.2, -0.15) is 0 Å². The Morgan fingerprint density at radius 3 is 2.70 bits per heavy atom. The van der Waals surface area contributed by atoms with Gasteiger partial charge in [0, 0.05) is 18.1 Å². The predicted molar refractivity (Wildman–Crippen MR) is 119 cm³/mol. The Kier molecular flexibility index (Phi) is 5.90. The van der Waals surface area contributed by atoms with Gasteiger partial charge in [0.05, 0.1) is 28.6 Å². The molecule has 1 saturated heterocycles. The molecule has 2 aromatic carbocycles. The first-order chi connectivity index (χ1) is 14.5. The van der Waals surface area contributed by atoms with Crippen LogP contribution >= 0.6 is 11.6 Å². The molecule has 0 aliphatic carbocycles. The zero-order valence-electron chi connectivity index (χ0n) is 16.2. The first kappa shape index (κ1) is 20.6. The van der Waals surface area contributed by atoms with Crippen molar-refractivity contribution in [2.75, 3.05) is 29.3 Å². The van der Waals surface area contributed by atoms with Gasteiger partial charge in [-0.05, 0) is 36.8 Å². The van der Waals surface area contributed by atoms with E-state index in [1.165, 1.54) is 12.1 Å². The number of rotatable bonds is 7. The van der Waals surface area contributed by atoms with E-state index in [9.17, 15) is 8.42 Å². The quantitative estimate of drug-likeness (QED) is 0.557. The largest absolute Gasteiger partial charge is 0.372 e. The van der Waals surface area contributed by atoms with Crippen LogP contribution in [0.1, 0.15) is 6.42 Å². The van der Waals surface area contributed by atoms with Crippen LogP contribution in [0.4, 0.5) is 11.6 Å². The second-order valence-corrected chi connectivity index (χ2v) is 9.04. The molecule has 1 unspecified atom stereocenters. The van der Waals surface area contributed by atoms with E-state index in [-0.39, 0.29) is 16.8 Å². The number of benzene rings is 2. The Labute approximate surface area is 180 Å².